The maximum absolute atomic E-state index is 13.3. The fourth-order valence-electron chi connectivity index (χ4n) is 1.21. The highest BCUT2D eigenvalue weighted by molar-refractivity contribution is 6.30. The third-order valence-corrected chi connectivity index (χ3v) is 2.33. The molecule has 0 fully saturated rings. The van der Waals surface area contributed by atoms with Crippen molar-refractivity contribution in [3.63, 3.8) is 0 Å². The second-order valence-electron chi connectivity index (χ2n) is 3.69. The van der Waals surface area contributed by atoms with Gasteiger partial charge in [0.2, 0.25) is 5.91 Å². The Kier molecular flexibility index (Phi) is 4.24. The van der Waals surface area contributed by atoms with Crippen LogP contribution in [0.25, 0.3) is 0 Å². The van der Waals surface area contributed by atoms with Crippen molar-refractivity contribution in [2.75, 3.05) is 0 Å². The van der Waals surface area contributed by atoms with E-state index < -0.39 is 22.9 Å². The number of hydrogen-bond acceptors (Lipinski definition) is 1. The molecule has 0 bridgehead atoms. The van der Waals surface area contributed by atoms with Gasteiger partial charge in [-0.3, -0.25) is 4.79 Å². The summed E-state index contributed by atoms with van der Waals surface area (Å²) in [7, 11) is 0. The van der Waals surface area contributed by atoms with Gasteiger partial charge >= 0.3 is 0 Å². The number of carbonyl (C=O) groups excluding carboxylic acids is 1. The van der Waals surface area contributed by atoms with Gasteiger partial charge in [-0.15, -0.1) is 11.6 Å². The molecule has 0 aliphatic carbocycles. The average molecular weight is 248 g/mol. The molecular formula is C11H12ClF2NO. The van der Waals surface area contributed by atoms with Gasteiger partial charge in [-0.25, -0.2) is 8.78 Å². The summed E-state index contributed by atoms with van der Waals surface area (Å²) in [4.78, 5) is 11.5. The SMILES string of the molecule is CC(C)NC(=O)C(Cl)c1cc(F)ccc1F. The van der Waals surface area contributed by atoms with Crippen molar-refractivity contribution < 1.29 is 13.6 Å². The summed E-state index contributed by atoms with van der Waals surface area (Å²) in [6.07, 6.45) is 0. The lowest BCUT2D eigenvalue weighted by atomic mass is 10.1. The van der Waals surface area contributed by atoms with Crippen molar-refractivity contribution in [1.82, 2.24) is 5.32 Å². The molecule has 1 amide bonds. The average Bonchev–Trinajstić information content (AvgIpc) is 2.19. The van der Waals surface area contributed by atoms with Crippen molar-refractivity contribution in [3.05, 3.63) is 35.4 Å². The lowest BCUT2D eigenvalue weighted by Gasteiger charge is -2.13. The van der Waals surface area contributed by atoms with Crippen LogP contribution in [-0.2, 0) is 4.79 Å². The molecule has 0 aromatic heterocycles. The van der Waals surface area contributed by atoms with E-state index in [-0.39, 0.29) is 11.6 Å². The number of amides is 1. The van der Waals surface area contributed by atoms with E-state index in [4.69, 9.17) is 11.6 Å². The van der Waals surface area contributed by atoms with Crippen LogP contribution in [0.4, 0.5) is 8.78 Å². The van der Waals surface area contributed by atoms with Crippen LogP contribution in [0.2, 0.25) is 0 Å². The number of alkyl halides is 1. The van der Waals surface area contributed by atoms with E-state index in [0.717, 1.165) is 18.2 Å². The second-order valence-corrected chi connectivity index (χ2v) is 4.13. The normalized spacial score (nSPS) is 12.6. The molecule has 1 unspecified atom stereocenters. The van der Waals surface area contributed by atoms with Gasteiger partial charge in [0.15, 0.2) is 0 Å². The third-order valence-electron chi connectivity index (χ3n) is 1.89. The Labute approximate surface area is 97.6 Å². The molecule has 2 nitrogen and oxygen atoms in total. The molecule has 0 saturated carbocycles. The predicted molar refractivity (Wildman–Crippen MR) is 58.2 cm³/mol. The van der Waals surface area contributed by atoms with Crippen molar-refractivity contribution in [1.29, 1.82) is 0 Å². The van der Waals surface area contributed by atoms with Gasteiger partial charge < -0.3 is 5.32 Å². The number of rotatable bonds is 3. The minimum atomic E-state index is -1.22. The van der Waals surface area contributed by atoms with E-state index in [2.05, 4.69) is 5.32 Å². The molecule has 0 aliphatic heterocycles. The first kappa shape index (κ1) is 12.9. The smallest absolute Gasteiger partial charge is 0.242 e. The Hall–Kier alpha value is -1.16. The molecular weight excluding hydrogens is 236 g/mol. The van der Waals surface area contributed by atoms with Crippen LogP contribution in [-0.4, -0.2) is 11.9 Å². The van der Waals surface area contributed by atoms with Gasteiger partial charge in [0.05, 0.1) is 0 Å². The molecule has 16 heavy (non-hydrogen) atoms. The standard InChI is InChI=1S/C11H12ClF2NO/c1-6(2)15-11(16)10(12)8-5-7(13)3-4-9(8)14/h3-6,10H,1-2H3,(H,15,16). The van der Waals surface area contributed by atoms with Gasteiger partial charge in [0, 0.05) is 11.6 Å². The fraction of sp³-hybridized carbons (Fsp3) is 0.364. The molecule has 88 valence electrons. The van der Waals surface area contributed by atoms with Crippen LogP contribution in [0.1, 0.15) is 24.8 Å². The van der Waals surface area contributed by atoms with Crippen LogP contribution in [0.5, 0.6) is 0 Å². The molecule has 1 rings (SSSR count). The molecule has 1 aromatic carbocycles. The van der Waals surface area contributed by atoms with E-state index in [0.29, 0.717) is 0 Å². The Bertz CT molecular complexity index is 396. The van der Waals surface area contributed by atoms with Crippen LogP contribution >= 0.6 is 11.6 Å². The lowest BCUT2D eigenvalue weighted by molar-refractivity contribution is -0.121. The molecule has 0 spiro atoms. The number of nitrogens with one attached hydrogen (secondary N) is 1. The molecule has 0 saturated heterocycles. The van der Waals surface area contributed by atoms with Crippen molar-refractivity contribution in [3.8, 4) is 0 Å². The second kappa shape index (κ2) is 5.25. The maximum Gasteiger partial charge on any atom is 0.242 e. The number of hydrogen-bond donors (Lipinski definition) is 1. The highest BCUT2D eigenvalue weighted by Crippen LogP contribution is 2.24. The summed E-state index contributed by atoms with van der Waals surface area (Å²) in [6, 6.07) is 2.74. The predicted octanol–water partition coefficient (Wildman–Crippen LogP) is 2.77. The number of carbonyl (C=O) groups is 1. The molecule has 5 heteroatoms. The summed E-state index contributed by atoms with van der Waals surface area (Å²) in [6.45, 7) is 3.51. The van der Waals surface area contributed by atoms with Gasteiger partial charge in [-0.1, -0.05) is 0 Å². The first-order valence-corrected chi connectivity index (χ1v) is 5.25. The highest BCUT2D eigenvalue weighted by atomic mass is 35.5. The van der Waals surface area contributed by atoms with Crippen LogP contribution < -0.4 is 5.32 Å². The van der Waals surface area contributed by atoms with Gasteiger partial charge in [-0.05, 0) is 32.0 Å². The summed E-state index contributed by atoms with van der Waals surface area (Å²) >= 11 is 5.76. The minimum absolute atomic E-state index is 0.106. The van der Waals surface area contributed by atoms with Crippen molar-refractivity contribution >= 4 is 17.5 Å². The molecule has 1 atom stereocenters. The zero-order valence-electron chi connectivity index (χ0n) is 8.93. The number of halogens is 3. The van der Waals surface area contributed by atoms with Crippen LogP contribution in [0.15, 0.2) is 18.2 Å². The fourth-order valence-corrected chi connectivity index (χ4v) is 1.44. The summed E-state index contributed by atoms with van der Waals surface area (Å²) in [5, 5.41) is 1.30. The highest BCUT2D eigenvalue weighted by Gasteiger charge is 2.22. The Morgan fingerprint density at radius 3 is 2.56 bits per heavy atom. The Balaban J connectivity index is 2.91. The topological polar surface area (TPSA) is 29.1 Å². The van der Waals surface area contributed by atoms with Gasteiger partial charge in [-0.2, -0.15) is 0 Å². The zero-order valence-corrected chi connectivity index (χ0v) is 9.68. The van der Waals surface area contributed by atoms with E-state index in [9.17, 15) is 13.6 Å². The molecule has 0 aliphatic rings. The Morgan fingerprint density at radius 1 is 1.38 bits per heavy atom. The number of benzene rings is 1. The van der Waals surface area contributed by atoms with E-state index in [1.807, 2.05) is 0 Å². The van der Waals surface area contributed by atoms with E-state index in [1.165, 1.54) is 0 Å². The summed E-state index contributed by atoms with van der Waals surface area (Å²) in [5.41, 5.74) is -0.153. The maximum atomic E-state index is 13.3. The molecule has 0 heterocycles. The van der Waals surface area contributed by atoms with E-state index in [1.54, 1.807) is 13.8 Å². The zero-order chi connectivity index (χ0) is 12.3. The minimum Gasteiger partial charge on any atom is -0.352 e. The van der Waals surface area contributed by atoms with E-state index >= 15 is 0 Å². The monoisotopic (exact) mass is 247 g/mol. The summed E-state index contributed by atoms with van der Waals surface area (Å²) in [5.74, 6) is -1.86. The van der Waals surface area contributed by atoms with Crippen molar-refractivity contribution in [2.45, 2.75) is 25.3 Å². The van der Waals surface area contributed by atoms with Crippen LogP contribution in [0.3, 0.4) is 0 Å². The first-order valence-electron chi connectivity index (χ1n) is 4.81. The van der Waals surface area contributed by atoms with Gasteiger partial charge in [0.1, 0.15) is 17.0 Å². The molecule has 1 N–H and O–H groups in total. The first-order chi connectivity index (χ1) is 7.41. The van der Waals surface area contributed by atoms with Crippen molar-refractivity contribution in [2.24, 2.45) is 0 Å². The van der Waals surface area contributed by atoms with Crippen LogP contribution in [0, 0.1) is 11.6 Å². The lowest BCUT2D eigenvalue weighted by Crippen LogP contribution is -2.33. The van der Waals surface area contributed by atoms with Gasteiger partial charge in [0.25, 0.3) is 0 Å². The quantitative estimate of drug-likeness (QED) is 0.818. The third kappa shape index (κ3) is 3.17. The largest absolute Gasteiger partial charge is 0.352 e. The summed E-state index contributed by atoms with van der Waals surface area (Å²) < 4.78 is 26.2. The molecule has 0 radical (unpaired) electrons. The Morgan fingerprint density at radius 2 is 2.00 bits per heavy atom. The molecule has 1 aromatic rings.